The molecule has 1 aromatic carbocycles. The smallest absolute Gasteiger partial charge is 0.121 e. The molecule has 0 aliphatic rings. The zero-order chi connectivity index (χ0) is 14.5. The molecule has 0 amide bonds. The number of hydrogen-bond donors (Lipinski definition) is 1. The topological polar surface area (TPSA) is 21.3 Å². The van der Waals surface area contributed by atoms with E-state index in [0.717, 1.165) is 18.7 Å². The van der Waals surface area contributed by atoms with E-state index in [4.69, 9.17) is 4.74 Å². The Morgan fingerprint density at radius 2 is 2.00 bits per heavy atom. The summed E-state index contributed by atoms with van der Waals surface area (Å²) in [7, 11) is 1.72. The number of ether oxygens (including phenoxy) is 1. The Bertz CT molecular complexity index is 562. The maximum atomic E-state index is 5.36. The Labute approximate surface area is 125 Å². The fourth-order valence-electron chi connectivity index (χ4n) is 2.44. The molecule has 1 atom stereocenters. The first-order chi connectivity index (χ1) is 9.67. The van der Waals surface area contributed by atoms with Gasteiger partial charge in [-0.3, -0.25) is 0 Å². The van der Waals surface area contributed by atoms with Crippen molar-refractivity contribution in [1.29, 1.82) is 0 Å². The van der Waals surface area contributed by atoms with Crippen molar-refractivity contribution in [2.75, 3.05) is 13.7 Å². The van der Waals surface area contributed by atoms with Crippen LogP contribution in [0.1, 0.15) is 41.6 Å². The third-order valence-corrected chi connectivity index (χ3v) is 4.44. The van der Waals surface area contributed by atoms with Gasteiger partial charge in [0.15, 0.2) is 0 Å². The van der Waals surface area contributed by atoms with Crippen LogP contribution in [0.4, 0.5) is 0 Å². The van der Waals surface area contributed by atoms with Crippen LogP contribution in [0.25, 0.3) is 0 Å². The molecule has 0 spiro atoms. The molecule has 1 aromatic heterocycles. The van der Waals surface area contributed by atoms with E-state index >= 15 is 0 Å². The summed E-state index contributed by atoms with van der Waals surface area (Å²) in [5.74, 6) is 0.949. The number of methoxy groups -OCH3 is 1. The van der Waals surface area contributed by atoms with Crippen molar-refractivity contribution in [3.63, 3.8) is 0 Å². The van der Waals surface area contributed by atoms with E-state index in [-0.39, 0.29) is 6.04 Å². The molecular formula is C17H23NOS. The Balaban J connectivity index is 2.36. The van der Waals surface area contributed by atoms with Crippen molar-refractivity contribution in [2.24, 2.45) is 0 Å². The summed E-state index contributed by atoms with van der Waals surface area (Å²) in [5.41, 5.74) is 5.23. The first-order valence-corrected chi connectivity index (χ1v) is 8.02. The molecule has 1 unspecified atom stereocenters. The molecule has 0 fully saturated rings. The molecule has 3 heteroatoms. The van der Waals surface area contributed by atoms with E-state index in [1.807, 2.05) is 0 Å². The number of thiophene rings is 1. The lowest BCUT2D eigenvalue weighted by molar-refractivity contribution is 0.411. The average molecular weight is 289 g/mol. The highest BCUT2D eigenvalue weighted by Crippen LogP contribution is 2.30. The van der Waals surface area contributed by atoms with Crippen LogP contribution in [0.5, 0.6) is 5.75 Å². The highest BCUT2D eigenvalue weighted by atomic mass is 32.1. The molecule has 2 aromatic rings. The fraction of sp³-hybridized carbons (Fsp3) is 0.412. The minimum atomic E-state index is 0.269. The zero-order valence-electron chi connectivity index (χ0n) is 12.7. The molecule has 108 valence electrons. The van der Waals surface area contributed by atoms with Crippen molar-refractivity contribution in [2.45, 2.75) is 33.2 Å². The number of nitrogens with one attached hydrogen (secondary N) is 1. The minimum Gasteiger partial charge on any atom is -0.496 e. The van der Waals surface area contributed by atoms with Gasteiger partial charge < -0.3 is 10.1 Å². The third kappa shape index (κ3) is 3.22. The summed E-state index contributed by atoms with van der Waals surface area (Å²) in [6.07, 6.45) is 1.13. The van der Waals surface area contributed by atoms with Gasteiger partial charge in [-0.25, -0.2) is 0 Å². The fourth-order valence-corrected chi connectivity index (χ4v) is 3.32. The van der Waals surface area contributed by atoms with Gasteiger partial charge in [0.05, 0.1) is 13.2 Å². The third-order valence-electron chi connectivity index (χ3n) is 3.56. The lowest BCUT2D eigenvalue weighted by Crippen LogP contribution is -2.23. The van der Waals surface area contributed by atoms with Crippen molar-refractivity contribution >= 4 is 11.3 Å². The second kappa shape index (κ2) is 6.91. The van der Waals surface area contributed by atoms with Crippen molar-refractivity contribution in [1.82, 2.24) is 5.32 Å². The van der Waals surface area contributed by atoms with Gasteiger partial charge in [-0.1, -0.05) is 19.1 Å². The van der Waals surface area contributed by atoms with Crippen molar-refractivity contribution < 1.29 is 4.74 Å². The van der Waals surface area contributed by atoms with E-state index in [9.17, 15) is 0 Å². The molecule has 0 bridgehead atoms. The normalized spacial score (nSPS) is 12.4. The molecule has 0 saturated heterocycles. The van der Waals surface area contributed by atoms with Crippen molar-refractivity contribution in [3.05, 3.63) is 51.2 Å². The molecule has 2 rings (SSSR count). The Morgan fingerprint density at radius 1 is 1.20 bits per heavy atom. The van der Waals surface area contributed by atoms with Crippen LogP contribution >= 0.6 is 11.3 Å². The minimum absolute atomic E-state index is 0.269. The molecule has 0 radical (unpaired) electrons. The van der Waals surface area contributed by atoms with Crippen LogP contribution < -0.4 is 10.1 Å². The monoisotopic (exact) mass is 289 g/mol. The van der Waals surface area contributed by atoms with Gasteiger partial charge in [0.2, 0.25) is 0 Å². The number of aryl methyl sites for hydroxylation is 2. The summed E-state index contributed by atoms with van der Waals surface area (Å²) in [6, 6.07) is 6.72. The zero-order valence-corrected chi connectivity index (χ0v) is 13.5. The van der Waals surface area contributed by atoms with Gasteiger partial charge in [0.25, 0.3) is 0 Å². The van der Waals surface area contributed by atoms with E-state index in [0.29, 0.717) is 0 Å². The number of benzene rings is 1. The summed E-state index contributed by atoms with van der Waals surface area (Å²) >= 11 is 1.77. The predicted octanol–water partition coefficient (Wildman–Crippen LogP) is 4.46. The van der Waals surface area contributed by atoms with Crippen molar-refractivity contribution in [3.8, 4) is 5.75 Å². The molecule has 2 nitrogen and oxygen atoms in total. The molecule has 1 N–H and O–H groups in total. The van der Waals surface area contributed by atoms with E-state index in [1.165, 1.54) is 22.3 Å². The lowest BCUT2D eigenvalue weighted by Gasteiger charge is -2.20. The maximum absolute atomic E-state index is 5.36. The van der Waals surface area contributed by atoms with Gasteiger partial charge in [-0.15, -0.1) is 0 Å². The first kappa shape index (κ1) is 15.1. The van der Waals surface area contributed by atoms with Crippen LogP contribution in [0, 0.1) is 13.8 Å². The van der Waals surface area contributed by atoms with Gasteiger partial charge in [-0.05, 0) is 65.9 Å². The molecule has 0 aliphatic heterocycles. The molecular weight excluding hydrogens is 266 g/mol. The van der Waals surface area contributed by atoms with Gasteiger partial charge in [-0.2, -0.15) is 11.3 Å². The number of rotatable bonds is 6. The standard InChI is InChI=1S/C17H23NOS/c1-5-8-18-17(15-11-20-10-13(15)3)14-6-7-16(19-4)12(2)9-14/h6-7,9-11,17-18H,5,8H2,1-4H3. The summed E-state index contributed by atoms with van der Waals surface area (Å²) < 4.78 is 5.36. The Hall–Kier alpha value is -1.32. The van der Waals surface area contributed by atoms with Crippen LogP contribution in [0.2, 0.25) is 0 Å². The maximum Gasteiger partial charge on any atom is 0.121 e. The van der Waals surface area contributed by atoms with Gasteiger partial charge >= 0.3 is 0 Å². The number of hydrogen-bond acceptors (Lipinski definition) is 3. The molecule has 0 saturated carbocycles. The summed E-state index contributed by atoms with van der Waals surface area (Å²) in [4.78, 5) is 0. The average Bonchev–Trinajstić information content (AvgIpc) is 2.86. The Morgan fingerprint density at radius 3 is 2.55 bits per heavy atom. The van der Waals surface area contributed by atoms with Crippen LogP contribution in [0.15, 0.2) is 29.0 Å². The highest BCUT2D eigenvalue weighted by Gasteiger charge is 2.17. The van der Waals surface area contributed by atoms with Gasteiger partial charge in [0, 0.05) is 0 Å². The first-order valence-electron chi connectivity index (χ1n) is 7.08. The van der Waals surface area contributed by atoms with E-state index in [1.54, 1.807) is 18.4 Å². The predicted molar refractivity (Wildman–Crippen MR) is 86.9 cm³/mol. The highest BCUT2D eigenvalue weighted by molar-refractivity contribution is 7.08. The van der Waals surface area contributed by atoms with Gasteiger partial charge in [0.1, 0.15) is 5.75 Å². The summed E-state index contributed by atoms with van der Waals surface area (Å²) in [6.45, 7) is 7.50. The molecule has 0 aliphatic carbocycles. The SMILES string of the molecule is CCCNC(c1ccc(OC)c(C)c1)c1cscc1C. The van der Waals surface area contributed by atoms with Crippen LogP contribution in [-0.4, -0.2) is 13.7 Å². The second-order valence-electron chi connectivity index (χ2n) is 5.13. The molecule has 1 heterocycles. The largest absolute Gasteiger partial charge is 0.496 e. The Kier molecular flexibility index (Phi) is 5.21. The molecule has 20 heavy (non-hydrogen) atoms. The quantitative estimate of drug-likeness (QED) is 0.847. The van der Waals surface area contributed by atoms with Crippen LogP contribution in [-0.2, 0) is 0 Å². The van der Waals surface area contributed by atoms with E-state index in [2.05, 4.69) is 55.0 Å². The second-order valence-corrected chi connectivity index (χ2v) is 5.87. The lowest BCUT2D eigenvalue weighted by atomic mass is 9.96. The van der Waals surface area contributed by atoms with E-state index < -0.39 is 0 Å². The van der Waals surface area contributed by atoms with Crippen LogP contribution in [0.3, 0.4) is 0 Å². The summed E-state index contributed by atoms with van der Waals surface area (Å²) in [5, 5.41) is 8.13.